The third-order valence-electron chi connectivity index (χ3n) is 3.40. The van der Waals surface area contributed by atoms with E-state index in [1.165, 1.54) is 24.3 Å². The van der Waals surface area contributed by atoms with E-state index in [4.69, 9.17) is 4.74 Å². The van der Waals surface area contributed by atoms with Crippen molar-refractivity contribution in [3.8, 4) is 5.75 Å². The largest absolute Gasteiger partial charge is 0.476 e. The number of benzene rings is 2. The maximum atomic E-state index is 13.0. The quantitative estimate of drug-likeness (QED) is 0.683. The molecule has 1 heterocycles. The summed E-state index contributed by atoms with van der Waals surface area (Å²) in [5, 5.41) is 0.937. The highest BCUT2D eigenvalue weighted by Crippen LogP contribution is 2.28. The summed E-state index contributed by atoms with van der Waals surface area (Å²) in [6, 6.07) is 15.1. The SMILES string of the molecule is Cc1ccc2cccc(OC(C=O)c3ccc(F)cc3)c2n1. The molecule has 0 N–H and O–H groups in total. The van der Waals surface area contributed by atoms with Gasteiger partial charge in [0.15, 0.2) is 12.4 Å². The van der Waals surface area contributed by atoms with Gasteiger partial charge in [0.25, 0.3) is 0 Å². The summed E-state index contributed by atoms with van der Waals surface area (Å²) in [6.07, 6.45) is -0.101. The van der Waals surface area contributed by atoms with E-state index in [0.717, 1.165) is 11.1 Å². The lowest BCUT2D eigenvalue weighted by atomic mass is 10.1. The fourth-order valence-electron chi connectivity index (χ4n) is 2.28. The molecule has 1 atom stereocenters. The first-order valence-corrected chi connectivity index (χ1v) is 6.91. The highest BCUT2D eigenvalue weighted by Gasteiger charge is 2.14. The normalized spacial score (nSPS) is 12.1. The molecule has 3 nitrogen and oxygen atoms in total. The summed E-state index contributed by atoms with van der Waals surface area (Å²) < 4.78 is 18.8. The second kappa shape index (κ2) is 5.93. The topological polar surface area (TPSA) is 39.2 Å². The third-order valence-corrected chi connectivity index (χ3v) is 3.40. The van der Waals surface area contributed by atoms with E-state index in [2.05, 4.69) is 4.98 Å². The number of ether oxygens (including phenoxy) is 1. The molecule has 0 fully saturated rings. The van der Waals surface area contributed by atoms with Crippen LogP contribution in [0.25, 0.3) is 10.9 Å². The first kappa shape index (κ1) is 14.2. The van der Waals surface area contributed by atoms with Crippen LogP contribution in [0.15, 0.2) is 54.6 Å². The number of aldehydes is 1. The molecule has 0 saturated carbocycles. The Kier molecular flexibility index (Phi) is 3.83. The van der Waals surface area contributed by atoms with Crippen molar-refractivity contribution in [2.75, 3.05) is 0 Å². The van der Waals surface area contributed by atoms with Gasteiger partial charge in [-0.2, -0.15) is 0 Å². The number of aromatic nitrogens is 1. The van der Waals surface area contributed by atoms with Crippen molar-refractivity contribution < 1.29 is 13.9 Å². The molecule has 0 bridgehead atoms. The van der Waals surface area contributed by atoms with Crippen LogP contribution in [0, 0.1) is 12.7 Å². The van der Waals surface area contributed by atoms with Gasteiger partial charge in [-0.15, -0.1) is 0 Å². The van der Waals surface area contributed by atoms with Gasteiger partial charge in [0.1, 0.15) is 17.1 Å². The minimum absolute atomic E-state index is 0.351. The van der Waals surface area contributed by atoms with Crippen molar-refractivity contribution in [2.24, 2.45) is 0 Å². The zero-order valence-electron chi connectivity index (χ0n) is 12.0. The van der Waals surface area contributed by atoms with Gasteiger partial charge in [-0.3, -0.25) is 4.79 Å². The van der Waals surface area contributed by atoms with Crippen LogP contribution in [0.4, 0.5) is 4.39 Å². The van der Waals surface area contributed by atoms with Gasteiger partial charge in [0.05, 0.1) is 0 Å². The first-order valence-electron chi connectivity index (χ1n) is 6.91. The van der Waals surface area contributed by atoms with Crippen LogP contribution < -0.4 is 4.74 Å². The molecular formula is C18H14FNO2. The van der Waals surface area contributed by atoms with Gasteiger partial charge in [-0.25, -0.2) is 9.37 Å². The zero-order valence-corrected chi connectivity index (χ0v) is 12.0. The highest BCUT2D eigenvalue weighted by molar-refractivity contribution is 5.84. The number of aryl methyl sites for hydroxylation is 1. The van der Waals surface area contributed by atoms with Gasteiger partial charge in [0.2, 0.25) is 0 Å². The van der Waals surface area contributed by atoms with Crippen molar-refractivity contribution >= 4 is 17.2 Å². The van der Waals surface area contributed by atoms with Gasteiger partial charge >= 0.3 is 0 Å². The van der Waals surface area contributed by atoms with E-state index < -0.39 is 6.10 Å². The summed E-state index contributed by atoms with van der Waals surface area (Å²) in [7, 11) is 0. The number of rotatable bonds is 4. The van der Waals surface area contributed by atoms with Crippen LogP contribution >= 0.6 is 0 Å². The Labute approximate surface area is 127 Å². The molecule has 1 unspecified atom stereocenters. The smallest absolute Gasteiger partial charge is 0.179 e. The number of hydrogen-bond donors (Lipinski definition) is 0. The molecule has 4 heteroatoms. The maximum Gasteiger partial charge on any atom is 0.179 e. The van der Waals surface area contributed by atoms with Crippen molar-refractivity contribution in [2.45, 2.75) is 13.0 Å². The molecule has 22 heavy (non-hydrogen) atoms. The van der Waals surface area contributed by atoms with Crippen molar-refractivity contribution in [3.05, 3.63) is 71.7 Å². The van der Waals surface area contributed by atoms with Gasteiger partial charge < -0.3 is 4.74 Å². The first-order chi connectivity index (χ1) is 10.7. The molecule has 3 rings (SSSR count). The van der Waals surface area contributed by atoms with E-state index in [-0.39, 0.29) is 5.82 Å². The number of halogens is 1. The van der Waals surface area contributed by atoms with Crippen LogP contribution in [-0.2, 0) is 4.79 Å². The Morgan fingerprint density at radius 3 is 2.59 bits per heavy atom. The molecular weight excluding hydrogens is 281 g/mol. The average molecular weight is 295 g/mol. The molecule has 0 aliphatic carbocycles. The zero-order chi connectivity index (χ0) is 15.5. The second-order valence-corrected chi connectivity index (χ2v) is 5.01. The Morgan fingerprint density at radius 2 is 1.86 bits per heavy atom. The summed E-state index contributed by atoms with van der Waals surface area (Å²) >= 11 is 0. The van der Waals surface area contributed by atoms with E-state index in [1.807, 2.05) is 31.2 Å². The number of nitrogens with zero attached hydrogens (tertiary/aromatic N) is 1. The van der Waals surface area contributed by atoms with E-state index in [0.29, 0.717) is 23.1 Å². The predicted octanol–water partition coefficient (Wildman–Crippen LogP) is 4.00. The molecule has 0 amide bonds. The average Bonchev–Trinajstić information content (AvgIpc) is 2.54. The molecule has 0 aliphatic heterocycles. The Morgan fingerprint density at radius 1 is 1.09 bits per heavy atom. The van der Waals surface area contributed by atoms with Gasteiger partial charge in [-0.1, -0.05) is 30.3 Å². The summed E-state index contributed by atoms with van der Waals surface area (Å²) in [6.45, 7) is 1.90. The molecule has 2 aromatic carbocycles. The van der Waals surface area contributed by atoms with Crippen molar-refractivity contribution in [1.29, 1.82) is 0 Å². The lowest BCUT2D eigenvalue weighted by molar-refractivity contribution is -0.113. The van der Waals surface area contributed by atoms with E-state index in [9.17, 15) is 9.18 Å². The predicted molar refractivity (Wildman–Crippen MR) is 82.3 cm³/mol. The summed E-state index contributed by atoms with van der Waals surface area (Å²) in [5.41, 5.74) is 2.17. The molecule has 0 aliphatic rings. The molecule has 0 spiro atoms. The third kappa shape index (κ3) is 2.81. The molecule has 0 saturated heterocycles. The Balaban J connectivity index is 1.98. The molecule has 0 radical (unpaired) electrons. The fraction of sp³-hybridized carbons (Fsp3) is 0.111. The van der Waals surface area contributed by atoms with Gasteiger partial charge in [-0.05, 0) is 36.8 Å². The molecule has 110 valence electrons. The molecule has 3 aromatic rings. The van der Waals surface area contributed by atoms with Crippen molar-refractivity contribution in [3.63, 3.8) is 0 Å². The van der Waals surface area contributed by atoms with Crippen LogP contribution in [-0.4, -0.2) is 11.3 Å². The van der Waals surface area contributed by atoms with Crippen LogP contribution in [0.2, 0.25) is 0 Å². The number of fused-ring (bicyclic) bond motifs is 1. The number of carbonyl (C=O) groups is 1. The van der Waals surface area contributed by atoms with Crippen LogP contribution in [0.5, 0.6) is 5.75 Å². The maximum absolute atomic E-state index is 13.0. The van der Waals surface area contributed by atoms with E-state index in [1.54, 1.807) is 6.07 Å². The second-order valence-electron chi connectivity index (χ2n) is 5.01. The van der Waals surface area contributed by atoms with Crippen LogP contribution in [0.1, 0.15) is 17.4 Å². The lowest BCUT2D eigenvalue weighted by Crippen LogP contribution is -2.09. The van der Waals surface area contributed by atoms with E-state index >= 15 is 0 Å². The molecule has 1 aromatic heterocycles. The Hall–Kier alpha value is -2.75. The number of hydrogen-bond acceptors (Lipinski definition) is 3. The number of para-hydroxylation sites is 1. The number of pyridine rings is 1. The minimum Gasteiger partial charge on any atom is -0.476 e. The monoisotopic (exact) mass is 295 g/mol. The highest BCUT2D eigenvalue weighted by atomic mass is 19.1. The van der Waals surface area contributed by atoms with Gasteiger partial charge in [0, 0.05) is 11.1 Å². The van der Waals surface area contributed by atoms with Crippen molar-refractivity contribution in [1.82, 2.24) is 4.98 Å². The summed E-state index contributed by atoms with van der Waals surface area (Å²) in [5.74, 6) is 0.179. The lowest BCUT2D eigenvalue weighted by Gasteiger charge is -2.15. The number of carbonyl (C=O) groups excluding carboxylic acids is 1. The fourth-order valence-corrected chi connectivity index (χ4v) is 2.28. The van der Waals surface area contributed by atoms with Crippen LogP contribution in [0.3, 0.4) is 0 Å². The standard InChI is InChI=1S/C18H14FNO2/c1-12-5-6-14-3-2-4-16(18(14)20-12)22-17(11-21)13-7-9-15(19)10-8-13/h2-11,17H,1H3. The minimum atomic E-state index is -0.798. The Bertz CT molecular complexity index is 815. The summed E-state index contributed by atoms with van der Waals surface area (Å²) in [4.78, 5) is 15.8.